The second-order valence-corrected chi connectivity index (χ2v) is 5.20. The number of carbonyl (C=O) groups is 2. The van der Waals surface area contributed by atoms with Gasteiger partial charge in [-0.05, 0) is 5.56 Å². The van der Waals surface area contributed by atoms with Gasteiger partial charge in [0, 0.05) is 6.54 Å². The van der Waals surface area contributed by atoms with Gasteiger partial charge in [-0.25, -0.2) is 0 Å². The molecule has 0 bridgehead atoms. The number of hydrogen-bond donors (Lipinski definition) is 1. The van der Waals surface area contributed by atoms with E-state index in [0.717, 1.165) is 5.56 Å². The number of rotatable bonds is 7. The van der Waals surface area contributed by atoms with Crippen LogP contribution < -0.4 is 0 Å². The molecule has 120 valence electrons. The normalized spacial score (nSPS) is 18.2. The zero-order chi connectivity index (χ0) is 15.8. The molecule has 0 saturated carbocycles. The fraction of sp³-hybridized carbons (Fsp3) is 0.500. The molecule has 1 atom stereocenters. The summed E-state index contributed by atoms with van der Waals surface area (Å²) >= 11 is 0. The molecule has 6 nitrogen and oxygen atoms in total. The van der Waals surface area contributed by atoms with Crippen LogP contribution in [0.5, 0.6) is 0 Å². The number of amides is 1. The third-order valence-corrected chi connectivity index (χ3v) is 3.53. The van der Waals surface area contributed by atoms with Crippen molar-refractivity contribution in [1.82, 2.24) is 4.90 Å². The molecule has 2 rings (SSSR count). The van der Waals surface area contributed by atoms with Gasteiger partial charge in [-0.1, -0.05) is 30.3 Å². The summed E-state index contributed by atoms with van der Waals surface area (Å²) in [7, 11) is 0. The van der Waals surface area contributed by atoms with Gasteiger partial charge in [0.2, 0.25) is 5.91 Å². The van der Waals surface area contributed by atoms with Gasteiger partial charge in [-0.2, -0.15) is 0 Å². The molecule has 1 N–H and O–H groups in total. The van der Waals surface area contributed by atoms with Gasteiger partial charge < -0.3 is 19.5 Å². The first kappa shape index (κ1) is 16.5. The van der Waals surface area contributed by atoms with E-state index in [1.807, 2.05) is 30.3 Å². The highest BCUT2D eigenvalue weighted by Gasteiger charge is 2.28. The van der Waals surface area contributed by atoms with E-state index in [4.69, 9.17) is 14.6 Å². The van der Waals surface area contributed by atoms with Gasteiger partial charge >= 0.3 is 5.97 Å². The molecule has 0 unspecified atom stereocenters. The third-order valence-electron chi connectivity index (χ3n) is 3.53. The van der Waals surface area contributed by atoms with Gasteiger partial charge in [0.1, 0.15) is 0 Å². The predicted molar refractivity (Wildman–Crippen MR) is 79.3 cm³/mol. The molecule has 1 aliphatic rings. The first-order valence-electron chi connectivity index (χ1n) is 7.37. The summed E-state index contributed by atoms with van der Waals surface area (Å²) < 4.78 is 10.8. The molecule has 0 spiro atoms. The van der Waals surface area contributed by atoms with Crippen molar-refractivity contribution >= 4 is 11.9 Å². The number of carboxylic acid groups (broad SMARTS) is 1. The Morgan fingerprint density at radius 1 is 1.32 bits per heavy atom. The smallest absolute Gasteiger partial charge is 0.305 e. The Morgan fingerprint density at radius 2 is 2.09 bits per heavy atom. The summed E-state index contributed by atoms with van der Waals surface area (Å²) in [5.74, 6) is -1.00. The first-order chi connectivity index (χ1) is 10.7. The second-order valence-electron chi connectivity index (χ2n) is 5.20. The van der Waals surface area contributed by atoms with Crippen LogP contribution in [0.25, 0.3) is 0 Å². The molecular formula is C16H21NO5. The van der Waals surface area contributed by atoms with E-state index in [0.29, 0.717) is 26.4 Å². The topological polar surface area (TPSA) is 76.1 Å². The molecule has 1 amide bonds. The number of carbonyl (C=O) groups excluding carboxylic acids is 1. The van der Waals surface area contributed by atoms with Crippen molar-refractivity contribution in [3.8, 4) is 0 Å². The first-order valence-corrected chi connectivity index (χ1v) is 7.37. The lowest BCUT2D eigenvalue weighted by atomic mass is 10.1. The van der Waals surface area contributed by atoms with E-state index in [2.05, 4.69) is 0 Å². The molecule has 0 aromatic heterocycles. The highest BCUT2D eigenvalue weighted by molar-refractivity contribution is 5.78. The maximum absolute atomic E-state index is 12.2. The maximum Gasteiger partial charge on any atom is 0.305 e. The maximum atomic E-state index is 12.2. The van der Waals surface area contributed by atoms with Crippen LogP contribution in [0, 0.1) is 0 Å². The largest absolute Gasteiger partial charge is 0.481 e. The van der Waals surface area contributed by atoms with Crippen LogP contribution in [0.4, 0.5) is 0 Å². The van der Waals surface area contributed by atoms with E-state index in [9.17, 15) is 9.59 Å². The van der Waals surface area contributed by atoms with Crippen LogP contribution in [-0.2, 0) is 25.7 Å². The minimum absolute atomic E-state index is 0.0809. The Bertz CT molecular complexity index is 491. The number of hydrogen-bond acceptors (Lipinski definition) is 4. The van der Waals surface area contributed by atoms with E-state index in [-0.39, 0.29) is 31.4 Å². The highest BCUT2D eigenvalue weighted by Crippen LogP contribution is 2.12. The molecule has 22 heavy (non-hydrogen) atoms. The van der Waals surface area contributed by atoms with Crippen LogP contribution >= 0.6 is 0 Å². The molecule has 1 aromatic carbocycles. The standard InChI is InChI=1S/C16H21NO5/c18-15(6-8-21-11-13-4-2-1-3-5-13)17-7-9-22-12-14(17)10-16(19)20/h1-5,14H,6-12H2,(H,19,20)/t14-/m0/s1. The van der Waals surface area contributed by atoms with Gasteiger partial charge in [0.25, 0.3) is 0 Å². The van der Waals surface area contributed by atoms with Crippen LogP contribution in [0.3, 0.4) is 0 Å². The molecule has 1 saturated heterocycles. The van der Waals surface area contributed by atoms with Crippen molar-refractivity contribution in [2.24, 2.45) is 0 Å². The quantitative estimate of drug-likeness (QED) is 0.768. The van der Waals surface area contributed by atoms with Gasteiger partial charge in [0.05, 0.1) is 45.3 Å². The van der Waals surface area contributed by atoms with Crippen LogP contribution in [0.1, 0.15) is 18.4 Å². The molecule has 0 aliphatic carbocycles. The van der Waals surface area contributed by atoms with Crippen molar-refractivity contribution in [3.63, 3.8) is 0 Å². The zero-order valence-corrected chi connectivity index (χ0v) is 12.4. The summed E-state index contributed by atoms with van der Waals surface area (Å²) in [6, 6.07) is 9.36. The number of ether oxygens (including phenoxy) is 2. The summed E-state index contributed by atoms with van der Waals surface area (Å²) in [6.07, 6.45) is 0.166. The Morgan fingerprint density at radius 3 is 2.82 bits per heavy atom. The lowest BCUT2D eigenvalue weighted by Crippen LogP contribution is -2.49. The van der Waals surface area contributed by atoms with Crippen molar-refractivity contribution < 1.29 is 24.2 Å². The van der Waals surface area contributed by atoms with Gasteiger partial charge in [-0.3, -0.25) is 9.59 Å². The lowest BCUT2D eigenvalue weighted by molar-refractivity contribution is -0.147. The van der Waals surface area contributed by atoms with E-state index >= 15 is 0 Å². The van der Waals surface area contributed by atoms with Crippen molar-refractivity contribution in [2.45, 2.75) is 25.5 Å². The number of nitrogens with zero attached hydrogens (tertiary/aromatic N) is 1. The molecule has 1 fully saturated rings. The summed E-state index contributed by atoms with van der Waals surface area (Å²) in [5, 5.41) is 8.89. The van der Waals surface area contributed by atoms with Crippen molar-refractivity contribution in [3.05, 3.63) is 35.9 Å². The summed E-state index contributed by atoms with van der Waals surface area (Å²) in [6.45, 7) is 1.96. The van der Waals surface area contributed by atoms with Gasteiger partial charge in [-0.15, -0.1) is 0 Å². The molecule has 1 heterocycles. The Kier molecular flexibility index (Phi) is 6.36. The molecular weight excluding hydrogens is 286 g/mol. The predicted octanol–water partition coefficient (Wildman–Crippen LogP) is 1.30. The van der Waals surface area contributed by atoms with Crippen LogP contribution in [0.2, 0.25) is 0 Å². The molecule has 0 radical (unpaired) electrons. The fourth-order valence-corrected chi connectivity index (χ4v) is 2.42. The van der Waals surface area contributed by atoms with E-state index < -0.39 is 5.97 Å². The lowest BCUT2D eigenvalue weighted by Gasteiger charge is -2.34. The second kappa shape index (κ2) is 8.51. The molecule has 1 aliphatic heterocycles. The monoisotopic (exact) mass is 307 g/mol. The van der Waals surface area contributed by atoms with E-state index in [1.165, 1.54) is 0 Å². The SMILES string of the molecule is O=C(O)C[C@H]1COCCN1C(=O)CCOCc1ccccc1. The van der Waals surface area contributed by atoms with Crippen molar-refractivity contribution in [2.75, 3.05) is 26.4 Å². The fourth-order valence-electron chi connectivity index (χ4n) is 2.42. The summed E-state index contributed by atoms with van der Waals surface area (Å²) in [5.41, 5.74) is 1.06. The minimum atomic E-state index is -0.923. The number of carboxylic acids is 1. The Labute approximate surface area is 129 Å². The van der Waals surface area contributed by atoms with E-state index in [1.54, 1.807) is 4.90 Å². The Balaban J connectivity index is 1.74. The van der Waals surface area contributed by atoms with Gasteiger partial charge in [0.15, 0.2) is 0 Å². The third kappa shape index (κ3) is 5.13. The van der Waals surface area contributed by atoms with Crippen LogP contribution in [-0.4, -0.2) is 54.3 Å². The van der Waals surface area contributed by atoms with Crippen molar-refractivity contribution in [1.29, 1.82) is 0 Å². The average Bonchev–Trinajstić information content (AvgIpc) is 2.52. The average molecular weight is 307 g/mol. The number of aliphatic carboxylic acids is 1. The zero-order valence-electron chi connectivity index (χ0n) is 12.4. The highest BCUT2D eigenvalue weighted by atomic mass is 16.5. The minimum Gasteiger partial charge on any atom is -0.481 e. The molecule has 6 heteroatoms. The Hall–Kier alpha value is -1.92. The van der Waals surface area contributed by atoms with Crippen LogP contribution in [0.15, 0.2) is 30.3 Å². The number of morpholine rings is 1. The summed E-state index contributed by atoms with van der Waals surface area (Å²) in [4.78, 5) is 24.6. The molecule has 1 aromatic rings. The number of benzene rings is 1.